The van der Waals surface area contributed by atoms with Crippen molar-refractivity contribution >= 4 is 54.8 Å². The fraction of sp³-hybridized carbons (Fsp3) is 0.0541. The fourth-order valence-corrected chi connectivity index (χ4v) is 6.52. The molecule has 0 atom stereocenters. The van der Waals surface area contributed by atoms with Gasteiger partial charge in [0.2, 0.25) is 0 Å². The van der Waals surface area contributed by atoms with Crippen LogP contribution in [0.3, 0.4) is 0 Å². The first kappa shape index (κ1) is 26.6. The van der Waals surface area contributed by atoms with E-state index in [0.29, 0.717) is 11.5 Å². The number of aryl methyl sites for hydroxylation is 2. The standard InChI is InChI=1S/C37H23N5O.Pt/c1-22-5-3-6-23(2)34(22)24-8-13-33-30(19-24)28-12-10-26(21-32(28)36-39-15-17-41(33)36)43-25-9-11-27-29-7-4-14-38-35(29)42-18-16-40-37(42)31(27)20-25;/h3-19H,1-2H3;/q-2;+2. The molecule has 5 heterocycles. The van der Waals surface area contributed by atoms with Crippen molar-refractivity contribution < 1.29 is 25.8 Å². The summed E-state index contributed by atoms with van der Waals surface area (Å²) in [6.07, 6.45) is 9.35. The Morgan fingerprint density at radius 3 is 1.95 bits per heavy atom. The molecule has 0 spiro atoms. The summed E-state index contributed by atoms with van der Waals surface area (Å²) in [6.45, 7) is 4.34. The average molecular weight is 749 g/mol. The van der Waals surface area contributed by atoms with Gasteiger partial charge in [-0.2, -0.15) is 0 Å². The van der Waals surface area contributed by atoms with E-state index in [0.717, 1.165) is 54.8 Å². The van der Waals surface area contributed by atoms with Crippen LogP contribution >= 0.6 is 0 Å². The second kappa shape index (κ2) is 10.0. The fourth-order valence-electron chi connectivity index (χ4n) is 6.52. The molecule has 9 rings (SSSR count). The summed E-state index contributed by atoms with van der Waals surface area (Å²) in [5, 5.41) is 6.07. The molecule has 7 heteroatoms. The summed E-state index contributed by atoms with van der Waals surface area (Å²) in [4.78, 5) is 13.9. The van der Waals surface area contributed by atoms with E-state index in [1.807, 2.05) is 41.2 Å². The monoisotopic (exact) mass is 748 g/mol. The number of hydrogen-bond donors (Lipinski definition) is 0. The van der Waals surface area contributed by atoms with Gasteiger partial charge in [-0.05, 0) is 59.0 Å². The Morgan fingerprint density at radius 2 is 1.23 bits per heavy atom. The van der Waals surface area contributed by atoms with E-state index in [1.54, 1.807) is 12.4 Å². The molecule has 212 valence electrons. The molecule has 0 saturated heterocycles. The van der Waals surface area contributed by atoms with Crippen LogP contribution in [0.4, 0.5) is 0 Å². The van der Waals surface area contributed by atoms with Gasteiger partial charge < -0.3 is 13.5 Å². The third-order valence-electron chi connectivity index (χ3n) is 8.41. The van der Waals surface area contributed by atoms with Gasteiger partial charge in [-0.15, -0.1) is 12.1 Å². The normalized spacial score (nSPS) is 11.7. The van der Waals surface area contributed by atoms with Crippen molar-refractivity contribution in [2.75, 3.05) is 0 Å². The van der Waals surface area contributed by atoms with Gasteiger partial charge in [-0.1, -0.05) is 82.2 Å². The van der Waals surface area contributed by atoms with Gasteiger partial charge in [0.05, 0.1) is 11.3 Å². The second-order valence-corrected chi connectivity index (χ2v) is 10.9. The van der Waals surface area contributed by atoms with Crippen molar-refractivity contribution in [2.45, 2.75) is 13.8 Å². The van der Waals surface area contributed by atoms with Gasteiger partial charge in [-0.25, -0.2) is 4.98 Å². The number of aromatic nitrogens is 5. The molecular formula is C37H23N5OPt. The third kappa shape index (κ3) is 3.88. The molecule has 0 aliphatic rings. The van der Waals surface area contributed by atoms with Gasteiger partial charge in [0.1, 0.15) is 5.65 Å². The van der Waals surface area contributed by atoms with E-state index in [1.165, 1.54) is 22.3 Å². The Balaban J connectivity index is 0.00000289. The van der Waals surface area contributed by atoms with Crippen molar-refractivity contribution in [1.29, 1.82) is 0 Å². The summed E-state index contributed by atoms with van der Waals surface area (Å²) >= 11 is 0. The molecule has 0 saturated carbocycles. The topological polar surface area (TPSA) is 56.7 Å². The van der Waals surface area contributed by atoms with E-state index in [2.05, 4.69) is 94.9 Å². The zero-order chi connectivity index (χ0) is 28.7. The van der Waals surface area contributed by atoms with Crippen LogP contribution in [0.25, 0.3) is 65.9 Å². The summed E-state index contributed by atoms with van der Waals surface area (Å²) < 4.78 is 10.5. The number of nitrogens with zero attached hydrogens (tertiary/aromatic N) is 5. The summed E-state index contributed by atoms with van der Waals surface area (Å²) in [7, 11) is 0. The van der Waals surface area contributed by atoms with Crippen LogP contribution in [0.15, 0.2) is 104 Å². The minimum Gasteiger partial charge on any atom is -0.497 e. The number of benzene rings is 4. The number of hydrogen-bond acceptors (Lipinski definition) is 4. The number of fused-ring (bicyclic) bond motifs is 12. The number of ether oxygens (including phenoxy) is 1. The van der Waals surface area contributed by atoms with Crippen molar-refractivity contribution in [1.82, 2.24) is 23.8 Å². The van der Waals surface area contributed by atoms with Gasteiger partial charge >= 0.3 is 21.1 Å². The van der Waals surface area contributed by atoms with Crippen LogP contribution in [-0.4, -0.2) is 23.8 Å². The molecule has 0 N–H and O–H groups in total. The van der Waals surface area contributed by atoms with Crippen molar-refractivity contribution in [3.8, 4) is 22.6 Å². The molecule has 0 bridgehead atoms. The minimum atomic E-state index is 0. The Kier molecular flexibility index (Phi) is 6.04. The van der Waals surface area contributed by atoms with Crippen LogP contribution in [0, 0.1) is 26.0 Å². The molecule has 9 aromatic rings. The maximum atomic E-state index is 6.39. The number of rotatable bonds is 3. The largest absolute Gasteiger partial charge is 2.00 e. The number of pyridine rings is 3. The molecule has 6 nitrogen and oxygen atoms in total. The van der Waals surface area contributed by atoms with Crippen LogP contribution in [0.1, 0.15) is 11.1 Å². The zero-order valence-electron chi connectivity index (χ0n) is 23.8. The van der Waals surface area contributed by atoms with Gasteiger partial charge in [-0.3, -0.25) is 9.97 Å². The quantitative estimate of drug-likeness (QED) is 0.134. The van der Waals surface area contributed by atoms with Crippen LogP contribution in [0.5, 0.6) is 11.5 Å². The zero-order valence-corrected chi connectivity index (χ0v) is 26.0. The van der Waals surface area contributed by atoms with Crippen LogP contribution < -0.4 is 4.74 Å². The van der Waals surface area contributed by atoms with E-state index in [9.17, 15) is 0 Å². The smallest absolute Gasteiger partial charge is 0.497 e. The minimum absolute atomic E-state index is 0. The molecule has 44 heavy (non-hydrogen) atoms. The predicted molar refractivity (Wildman–Crippen MR) is 171 cm³/mol. The van der Waals surface area contributed by atoms with Crippen molar-refractivity contribution in [2.24, 2.45) is 0 Å². The summed E-state index contributed by atoms with van der Waals surface area (Å²) in [6, 6.07) is 32.2. The Hall–Kier alpha value is -5.06. The molecule has 0 unspecified atom stereocenters. The Labute approximate surface area is 266 Å². The average Bonchev–Trinajstić information content (AvgIpc) is 3.72. The molecule has 0 fully saturated rings. The van der Waals surface area contributed by atoms with E-state index < -0.39 is 0 Å². The number of imidazole rings is 2. The van der Waals surface area contributed by atoms with Gasteiger partial charge in [0.15, 0.2) is 0 Å². The summed E-state index contributed by atoms with van der Waals surface area (Å²) in [5.41, 5.74) is 8.59. The predicted octanol–water partition coefficient (Wildman–Crippen LogP) is 8.66. The van der Waals surface area contributed by atoms with E-state index >= 15 is 0 Å². The Morgan fingerprint density at radius 1 is 0.591 bits per heavy atom. The summed E-state index contributed by atoms with van der Waals surface area (Å²) in [5.74, 6) is 1.19. The van der Waals surface area contributed by atoms with Crippen molar-refractivity contribution in [3.63, 3.8) is 0 Å². The third-order valence-corrected chi connectivity index (χ3v) is 8.41. The maximum Gasteiger partial charge on any atom is 2.00 e. The van der Waals surface area contributed by atoms with Crippen LogP contribution in [-0.2, 0) is 21.1 Å². The first-order valence-electron chi connectivity index (χ1n) is 14.2. The first-order chi connectivity index (χ1) is 21.1. The maximum absolute atomic E-state index is 6.39. The van der Waals surface area contributed by atoms with Gasteiger partial charge in [0.25, 0.3) is 0 Å². The van der Waals surface area contributed by atoms with Gasteiger partial charge in [0, 0.05) is 48.0 Å². The molecule has 0 aliphatic heterocycles. The SMILES string of the molecule is Cc1cccc(C)c1-c1ccc2c(c1)c1ccc(Oc3[c-]c4c(cc3)c3cccnc3n3ccnc43)[c-]c1c1nccn21.[Pt+2]. The van der Waals surface area contributed by atoms with Crippen molar-refractivity contribution in [3.05, 3.63) is 127 Å². The molecule has 4 aromatic carbocycles. The first-order valence-corrected chi connectivity index (χ1v) is 14.2. The molecule has 0 radical (unpaired) electrons. The molecule has 0 aliphatic carbocycles. The Bertz CT molecular complexity index is 2560. The van der Waals surface area contributed by atoms with E-state index in [4.69, 9.17) is 9.72 Å². The molecular weight excluding hydrogens is 726 g/mol. The molecule has 0 amide bonds. The molecule has 5 aromatic heterocycles. The second-order valence-electron chi connectivity index (χ2n) is 10.9. The van der Waals surface area contributed by atoms with Crippen LogP contribution in [0.2, 0.25) is 0 Å². The van der Waals surface area contributed by atoms with E-state index in [-0.39, 0.29) is 21.1 Å².